The van der Waals surface area contributed by atoms with Crippen molar-refractivity contribution in [3.8, 4) is 5.75 Å². The number of nitrogens with two attached hydrogens (primary N) is 1. The number of hydrogen-bond acceptors (Lipinski definition) is 4. The van der Waals surface area contributed by atoms with Gasteiger partial charge < -0.3 is 15.2 Å². The molecule has 1 aromatic rings. The van der Waals surface area contributed by atoms with Crippen molar-refractivity contribution >= 4 is 5.91 Å². The lowest BCUT2D eigenvalue weighted by Crippen LogP contribution is -2.57. The lowest BCUT2D eigenvalue weighted by molar-refractivity contribution is -0.162. The summed E-state index contributed by atoms with van der Waals surface area (Å²) in [6.07, 6.45) is 14.5. The average molecular weight is 453 g/mol. The number of amides is 1. The van der Waals surface area contributed by atoms with Crippen LogP contribution in [0.15, 0.2) is 18.5 Å². The van der Waals surface area contributed by atoms with Crippen LogP contribution in [0.25, 0.3) is 0 Å². The number of pyridine rings is 1. The van der Waals surface area contributed by atoms with Gasteiger partial charge in [0.1, 0.15) is 5.75 Å². The Kier molecular flexibility index (Phi) is 4.77. The van der Waals surface area contributed by atoms with Gasteiger partial charge in [0, 0.05) is 24.6 Å². The molecule has 180 valence electrons. The number of rotatable bonds is 5. The Bertz CT molecular complexity index is 966. The van der Waals surface area contributed by atoms with Crippen LogP contribution in [-0.2, 0) is 4.74 Å². The largest absolute Gasteiger partial charge is 0.489 e. The van der Waals surface area contributed by atoms with Crippen LogP contribution in [0.4, 0.5) is 0 Å². The van der Waals surface area contributed by atoms with Crippen molar-refractivity contribution < 1.29 is 14.3 Å². The minimum Gasteiger partial charge on any atom is -0.489 e. The number of nitrogens with zero attached hydrogens (tertiary/aromatic N) is 1. The molecule has 10 atom stereocenters. The molecule has 6 rings (SSSR count). The molecule has 5 aliphatic carbocycles. The number of primary amides is 1. The second kappa shape index (κ2) is 7.19. The van der Waals surface area contributed by atoms with Crippen LogP contribution in [0, 0.1) is 45.8 Å². The van der Waals surface area contributed by atoms with Crippen LogP contribution >= 0.6 is 0 Å². The zero-order chi connectivity index (χ0) is 23.2. The van der Waals surface area contributed by atoms with Gasteiger partial charge in [0.25, 0.3) is 0 Å². The number of methoxy groups -OCH3 is 1. The van der Waals surface area contributed by atoms with Crippen LogP contribution in [0.1, 0.15) is 82.5 Å². The molecule has 5 heteroatoms. The van der Waals surface area contributed by atoms with Gasteiger partial charge in [-0.1, -0.05) is 13.8 Å². The maximum atomic E-state index is 11.6. The Morgan fingerprint density at radius 1 is 1.15 bits per heavy atom. The SMILES string of the molecule is COC1C[C@H]2[C@@H]3CC[C@H]([C@H](C)Oc4cncc(C(N)=O)c4)[C@@]3(C)CC[C@@H]2[C@@]2(C)CC[C@@H]3CC132. The summed E-state index contributed by atoms with van der Waals surface area (Å²) in [6.45, 7) is 7.40. The molecule has 5 nitrogen and oxygen atoms in total. The molecular formula is C28H40N2O3. The van der Waals surface area contributed by atoms with Gasteiger partial charge in [-0.15, -0.1) is 0 Å². The molecule has 0 radical (unpaired) electrons. The molecule has 5 fully saturated rings. The first-order valence-electron chi connectivity index (χ1n) is 13.2. The van der Waals surface area contributed by atoms with Gasteiger partial charge in [-0.2, -0.15) is 0 Å². The van der Waals surface area contributed by atoms with Crippen LogP contribution in [0.5, 0.6) is 5.75 Å². The monoisotopic (exact) mass is 452 g/mol. The van der Waals surface area contributed by atoms with E-state index in [4.69, 9.17) is 15.2 Å². The van der Waals surface area contributed by atoms with E-state index in [9.17, 15) is 4.79 Å². The van der Waals surface area contributed by atoms with Crippen molar-refractivity contribution in [1.82, 2.24) is 4.98 Å². The minimum absolute atomic E-state index is 0.0875. The molecule has 0 bridgehead atoms. The molecule has 5 aliphatic rings. The fourth-order valence-corrected chi connectivity index (χ4v) is 10.3. The van der Waals surface area contributed by atoms with Gasteiger partial charge in [0.2, 0.25) is 5.91 Å². The summed E-state index contributed by atoms with van der Waals surface area (Å²) in [6, 6.07) is 1.73. The normalized spacial score (nSPS) is 48.2. The molecule has 2 unspecified atom stereocenters. The number of ether oxygens (including phenoxy) is 2. The first-order chi connectivity index (χ1) is 15.7. The van der Waals surface area contributed by atoms with E-state index in [1.165, 1.54) is 57.6 Å². The van der Waals surface area contributed by atoms with Crippen LogP contribution in [0.3, 0.4) is 0 Å². The zero-order valence-electron chi connectivity index (χ0n) is 20.7. The molecule has 33 heavy (non-hydrogen) atoms. The van der Waals surface area contributed by atoms with E-state index in [1.807, 2.05) is 7.11 Å². The standard InChI is InChI=1S/C28H40N2O3/c1-16(33-19-11-17(25(29)31)14-30-15-19)21-5-6-22-20-12-24(32-4)28-13-18(28)7-10-27(28,3)23(20)8-9-26(21,22)2/h11,14-16,18,20-24H,5-10,12-13H2,1-4H3,(H2,29,31)/t16-,18+,20-,21+,22-,23-,24?,26+,27+,28?/m0/s1. The van der Waals surface area contributed by atoms with Crippen molar-refractivity contribution in [1.29, 1.82) is 0 Å². The van der Waals surface area contributed by atoms with Crippen molar-refractivity contribution in [2.75, 3.05) is 7.11 Å². The van der Waals surface area contributed by atoms with Crippen LogP contribution in [-0.4, -0.2) is 30.2 Å². The van der Waals surface area contributed by atoms with E-state index in [0.717, 1.165) is 23.7 Å². The number of carbonyl (C=O) groups is 1. The lowest BCUT2D eigenvalue weighted by Gasteiger charge is -2.61. The highest BCUT2D eigenvalue weighted by atomic mass is 16.5. The molecule has 1 spiro atoms. The summed E-state index contributed by atoms with van der Waals surface area (Å²) >= 11 is 0. The first-order valence-corrected chi connectivity index (χ1v) is 13.2. The van der Waals surface area contributed by atoms with E-state index in [0.29, 0.717) is 39.6 Å². The fraction of sp³-hybridized carbons (Fsp3) is 0.786. The van der Waals surface area contributed by atoms with Gasteiger partial charge in [0.15, 0.2) is 0 Å². The summed E-state index contributed by atoms with van der Waals surface area (Å²) in [4.78, 5) is 15.7. The van der Waals surface area contributed by atoms with E-state index in [1.54, 1.807) is 12.3 Å². The molecule has 2 N–H and O–H groups in total. The second-order valence-corrected chi connectivity index (χ2v) is 12.6. The fourth-order valence-electron chi connectivity index (χ4n) is 10.3. The van der Waals surface area contributed by atoms with E-state index in [-0.39, 0.29) is 6.10 Å². The summed E-state index contributed by atoms with van der Waals surface area (Å²) in [5.74, 6) is 4.03. The van der Waals surface area contributed by atoms with E-state index in [2.05, 4.69) is 25.8 Å². The maximum absolute atomic E-state index is 11.6. The molecule has 1 amide bonds. The maximum Gasteiger partial charge on any atom is 0.250 e. The van der Waals surface area contributed by atoms with E-state index >= 15 is 0 Å². The lowest BCUT2D eigenvalue weighted by atomic mass is 9.45. The summed E-state index contributed by atoms with van der Waals surface area (Å²) in [7, 11) is 1.97. The predicted octanol–water partition coefficient (Wildman–Crippen LogP) is 5.23. The quantitative estimate of drug-likeness (QED) is 0.664. The average Bonchev–Trinajstić information content (AvgIpc) is 3.29. The molecule has 0 saturated heterocycles. The van der Waals surface area contributed by atoms with Crippen LogP contribution < -0.4 is 10.5 Å². The van der Waals surface area contributed by atoms with Gasteiger partial charge in [0.05, 0.1) is 24.0 Å². The number of carbonyl (C=O) groups excluding carboxylic acids is 1. The number of aromatic nitrogens is 1. The summed E-state index contributed by atoms with van der Waals surface area (Å²) in [5, 5.41) is 0. The molecule has 1 aromatic heterocycles. The zero-order valence-corrected chi connectivity index (χ0v) is 20.7. The minimum atomic E-state index is -0.465. The predicted molar refractivity (Wildman–Crippen MR) is 127 cm³/mol. The number of fused-ring (bicyclic) bond motifs is 4. The van der Waals surface area contributed by atoms with Gasteiger partial charge in [-0.05, 0) is 98.9 Å². The highest BCUT2D eigenvalue weighted by Gasteiger charge is 2.77. The molecule has 1 heterocycles. The Morgan fingerprint density at radius 3 is 2.70 bits per heavy atom. The Morgan fingerprint density at radius 2 is 1.97 bits per heavy atom. The van der Waals surface area contributed by atoms with Crippen molar-refractivity contribution in [2.45, 2.75) is 84.3 Å². The smallest absolute Gasteiger partial charge is 0.250 e. The summed E-state index contributed by atoms with van der Waals surface area (Å²) in [5.41, 5.74) is 7.11. The van der Waals surface area contributed by atoms with Crippen molar-refractivity contribution in [3.63, 3.8) is 0 Å². The third kappa shape index (κ3) is 2.81. The molecule has 0 aliphatic heterocycles. The van der Waals surface area contributed by atoms with E-state index < -0.39 is 5.91 Å². The molecule has 0 aromatic carbocycles. The van der Waals surface area contributed by atoms with Gasteiger partial charge >= 0.3 is 0 Å². The molecular weight excluding hydrogens is 412 g/mol. The third-order valence-electron chi connectivity index (χ3n) is 11.8. The van der Waals surface area contributed by atoms with Crippen LogP contribution in [0.2, 0.25) is 0 Å². The van der Waals surface area contributed by atoms with Crippen molar-refractivity contribution in [3.05, 3.63) is 24.0 Å². The third-order valence-corrected chi connectivity index (χ3v) is 11.8. The second-order valence-electron chi connectivity index (χ2n) is 12.6. The number of hydrogen-bond donors (Lipinski definition) is 1. The van der Waals surface area contributed by atoms with Gasteiger partial charge in [-0.3, -0.25) is 9.78 Å². The highest BCUT2D eigenvalue weighted by Crippen LogP contribution is 2.82. The topological polar surface area (TPSA) is 74.4 Å². The first kappa shape index (κ1) is 21.9. The van der Waals surface area contributed by atoms with Crippen molar-refractivity contribution in [2.24, 2.45) is 51.6 Å². The molecule has 5 saturated carbocycles. The van der Waals surface area contributed by atoms with Gasteiger partial charge in [-0.25, -0.2) is 0 Å². The Hall–Kier alpha value is -1.62. The Labute approximate surface area is 198 Å². The highest BCUT2D eigenvalue weighted by molar-refractivity contribution is 5.92. The summed E-state index contributed by atoms with van der Waals surface area (Å²) < 4.78 is 12.7. The Balaban J connectivity index is 1.24.